The van der Waals surface area contributed by atoms with E-state index in [2.05, 4.69) is 10.6 Å². The van der Waals surface area contributed by atoms with Gasteiger partial charge in [-0.05, 0) is 43.7 Å². The van der Waals surface area contributed by atoms with Gasteiger partial charge in [-0.2, -0.15) is 0 Å². The summed E-state index contributed by atoms with van der Waals surface area (Å²) in [5.41, 5.74) is 1.27. The highest BCUT2D eigenvalue weighted by Gasteiger charge is 2.36. The molecule has 1 aromatic heterocycles. The maximum atomic E-state index is 12.6. The van der Waals surface area contributed by atoms with Crippen LogP contribution >= 0.6 is 23.4 Å². The molecule has 8 nitrogen and oxygen atoms in total. The first-order valence-corrected chi connectivity index (χ1v) is 11.4. The molecule has 0 saturated carbocycles. The first-order valence-electron chi connectivity index (χ1n) is 9.89. The Hall–Kier alpha value is -2.91. The lowest BCUT2D eigenvalue weighted by Gasteiger charge is -2.27. The average Bonchev–Trinajstić information content (AvgIpc) is 3.18. The fourth-order valence-electron chi connectivity index (χ4n) is 3.08. The molecular formula is C22H23ClN2O6S. The van der Waals surface area contributed by atoms with Crippen molar-refractivity contribution in [3.05, 3.63) is 69.8 Å². The second-order valence-electron chi connectivity index (χ2n) is 6.88. The molecule has 1 unspecified atom stereocenters. The van der Waals surface area contributed by atoms with Crippen LogP contribution < -0.4 is 10.6 Å². The zero-order valence-corrected chi connectivity index (χ0v) is 19.2. The molecule has 2 aromatic rings. The second kappa shape index (κ2) is 11.1. The summed E-state index contributed by atoms with van der Waals surface area (Å²) in [6, 6.07) is 9.37. The van der Waals surface area contributed by atoms with Crippen LogP contribution in [-0.2, 0) is 24.8 Å². The van der Waals surface area contributed by atoms with Gasteiger partial charge in [-0.3, -0.25) is 4.79 Å². The molecule has 2 N–H and O–H groups in total. The predicted octanol–water partition coefficient (Wildman–Crippen LogP) is 3.89. The van der Waals surface area contributed by atoms with E-state index in [9.17, 15) is 14.4 Å². The number of urea groups is 1. The van der Waals surface area contributed by atoms with Gasteiger partial charge in [0.25, 0.3) is 0 Å². The standard InChI is InChI=1S/C22H23ClN2O6S/c1-3-29-21(27)19-16(24-22(28)25-20(19)17-8-7-13(2)31-17)10-30-18(26)12-32-11-14-5-4-6-15(23)9-14/h4-9,20H,3,10-12H2,1-2H3,(H2,24,25,28). The van der Waals surface area contributed by atoms with Gasteiger partial charge in [0, 0.05) is 10.8 Å². The number of furan rings is 1. The van der Waals surface area contributed by atoms with Crippen molar-refractivity contribution in [2.45, 2.75) is 25.6 Å². The molecule has 10 heteroatoms. The minimum Gasteiger partial charge on any atom is -0.464 e. The normalized spacial score (nSPS) is 15.7. The van der Waals surface area contributed by atoms with Crippen molar-refractivity contribution in [2.75, 3.05) is 19.0 Å². The summed E-state index contributed by atoms with van der Waals surface area (Å²) in [6.07, 6.45) is 0. The van der Waals surface area contributed by atoms with Crippen molar-refractivity contribution in [3.8, 4) is 0 Å². The quantitative estimate of drug-likeness (QED) is 0.526. The lowest BCUT2D eigenvalue weighted by atomic mass is 10.0. The number of esters is 2. The number of halogens is 1. The van der Waals surface area contributed by atoms with E-state index in [1.807, 2.05) is 18.2 Å². The number of aryl methyl sites for hydroxylation is 1. The van der Waals surface area contributed by atoms with Crippen LogP contribution in [0.15, 0.2) is 52.1 Å². The van der Waals surface area contributed by atoms with Gasteiger partial charge in [0.15, 0.2) is 0 Å². The summed E-state index contributed by atoms with van der Waals surface area (Å²) in [4.78, 5) is 37.1. The number of hydrogen-bond acceptors (Lipinski definition) is 7. The lowest BCUT2D eigenvalue weighted by Crippen LogP contribution is -2.47. The molecule has 2 heterocycles. The van der Waals surface area contributed by atoms with E-state index in [-0.39, 0.29) is 30.2 Å². The van der Waals surface area contributed by atoms with Crippen LogP contribution in [0.25, 0.3) is 0 Å². The molecule has 32 heavy (non-hydrogen) atoms. The van der Waals surface area contributed by atoms with Crippen LogP contribution in [0, 0.1) is 6.92 Å². The highest BCUT2D eigenvalue weighted by molar-refractivity contribution is 7.99. The molecule has 0 saturated heterocycles. The molecule has 0 aliphatic carbocycles. The van der Waals surface area contributed by atoms with E-state index in [1.165, 1.54) is 11.8 Å². The van der Waals surface area contributed by atoms with E-state index >= 15 is 0 Å². The Labute approximate surface area is 194 Å². The topological polar surface area (TPSA) is 107 Å². The van der Waals surface area contributed by atoms with Gasteiger partial charge < -0.3 is 24.5 Å². The monoisotopic (exact) mass is 478 g/mol. The minimum absolute atomic E-state index is 0.0987. The third kappa shape index (κ3) is 6.30. The fourth-order valence-corrected chi connectivity index (χ4v) is 4.06. The van der Waals surface area contributed by atoms with Crippen LogP contribution in [-0.4, -0.2) is 36.9 Å². The average molecular weight is 479 g/mol. The Morgan fingerprint density at radius 1 is 1.22 bits per heavy atom. The number of ether oxygens (including phenoxy) is 2. The number of carbonyl (C=O) groups is 3. The smallest absolute Gasteiger partial charge is 0.338 e. The highest BCUT2D eigenvalue weighted by atomic mass is 35.5. The van der Waals surface area contributed by atoms with Gasteiger partial charge in [-0.25, -0.2) is 9.59 Å². The molecule has 3 rings (SSSR count). The van der Waals surface area contributed by atoms with Crippen LogP contribution in [0.5, 0.6) is 0 Å². The van der Waals surface area contributed by atoms with Gasteiger partial charge >= 0.3 is 18.0 Å². The number of carbonyl (C=O) groups excluding carboxylic acids is 3. The molecule has 170 valence electrons. The fraction of sp³-hybridized carbons (Fsp3) is 0.318. The number of benzene rings is 1. The summed E-state index contributed by atoms with van der Waals surface area (Å²) >= 11 is 7.33. The van der Waals surface area contributed by atoms with Crippen LogP contribution in [0.4, 0.5) is 4.79 Å². The molecule has 0 bridgehead atoms. The Balaban J connectivity index is 1.68. The van der Waals surface area contributed by atoms with E-state index in [1.54, 1.807) is 32.0 Å². The Morgan fingerprint density at radius 2 is 2.03 bits per heavy atom. The van der Waals surface area contributed by atoms with Crippen LogP contribution in [0.2, 0.25) is 5.02 Å². The van der Waals surface area contributed by atoms with E-state index < -0.39 is 24.0 Å². The number of amides is 2. The Bertz CT molecular complexity index is 1030. The summed E-state index contributed by atoms with van der Waals surface area (Å²) in [5, 5.41) is 5.83. The first-order chi connectivity index (χ1) is 15.4. The SMILES string of the molecule is CCOC(=O)C1=C(COC(=O)CSCc2cccc(Cl)c2)NC(=O)NC1c1ccc(C)o1. The third-order valence-electron chi connectivity index (χ3n) is 4.45. The zero-order chi connectivity index (χ0) is 23.1. The molecule has 0 spiro atoms. The van der Waals surface area contributed by atoms with E-state index in [0.717, 1.165) is 5.56 Å². The van der Waals surface area contributed by atoms with Gasteiger partial charge in [0.2, 0.25) is 0 Å². The van der Waals surface area contributed by atoms with Gasteiger partial charge in [-0.1, -0.05) is 23.7 Å². The summed E-state index contributed by atoms with van der Waals surface area (Å²) in [7, 11) is 0. The zero-order valence-electron chi connectivity index (χ0n) is 17.6. The third-order valence-corrected chi connectivity index (χ3v) is 5.66. The Morgan fingerprint density at radius 3 is 2.72 bits per heavy atom. The van der Waals surface area contributed by atoms with Gasteiger partial charge in [0.1, 0.15) is 24.2 Å². The predicted molar refractivity (Wildman–Crippen MR) is 120 cm³/mol. The Kier molecular flexibility index (Phi) is 8.24. The van der Waals surface area contributed by atoms with Crippen molar-refractivity contribution in [1.29, 1.82) is 0 Å². The highest BCUT2D eigenvalue weighted by Crippen LogP contribution is 2.29. The summed E-state index contributed by atoms with van der Waals surface area (Å²) in [6.45, 7) is 3.29. The number of nitrogens with one attached hydrogen (secondary N) is 2. The van der Waals surface area contributed by atoms with Crippen molar-refractivity contribution >= 4 is 41.3 Å². The molecule has 0 radical (unpaired) electrons. The van der Waals surface area contributed by atoms with Crippen molar-refractivity contribution in [1.82, 2.24) is 10.6 Å². The van der Waals surface area contributed by atoms with Crippen LogP contribution in [0.1, 0.15) is 30.0 Å². The van der Waals surface area contributed by atoms with Crippen molar-refractivity contribution in [3.63, 3.8) is 0 Å². The van der Waals surface area contributed by atoms with Gasteiger partial charge in [-0.15, -0.1) is 11.8 Å². The molecule has 0 fully saturated rings. The maximum Gasteiger partial charge on any atom is 0.338 e. The molecule has 1 aromatic carbocycles. The second-order valence-corrected chi connectivity index (χ2v) is 8.30. The molecule has 2 amide bonds. The van der Waals surface area contributed by atoms with E-state index in [4.69, 9.17) is 25.5 Å². The van der Waals surface area contributed by atoms with Crippen molar-refractivity contribution in [2.24, 2.45) is 0 Å². The van der Waals surface area contributed by atoms with Crippen LogP contribution in [0.3, 0.4) is 0 Å². The number of thioether (sulfide) groups is 1. The number of hydrogen-bond donors (Lipinski definition) is 2. The largest absolute Gasteiger partial charge is 0.464 e. The van der Waals surface area contributed by atoms with E-state index in [0.29, 0.717) is 22.3 Å². The minimum atomic E-state index is -0.859. The molecular weight excluding hydrogens is 456 g/mol. The molecule has 1 aliphatic rings. The lowest BCUT2D eigenvalue weighted by molar-refractivity contribution is -0.141. The summed E-state index contributed by atoms with van der Waals surface area (Å²) < 4.78 is 16.1. The molecule has 1 atom stereocenters. The number of rotatable bonds is 9. The van der Waals surface area contributed by atoms with Gasteiger partial charge in [0.05, 0.1) is 23.6 Å². The summed E-state index contributed by atoms with van der Waals surface area (Å²) in [5.74, 6) is 0.572. The first kappa shape index (κ1) is 23.7. The maximum absolute atomic E-state index is 12.6. The van der Waals surface area contributed by atoms with Crippen molar-refractivity contribution < 1.29 is 28.3 Å². The molecule has 1 aliphatic heterocycles.